The number of hydrogen-bond donors (Lipinski definition) is 2. The van der Waals surface area contributed by atoms with E-state index < -0.39 is 13.5 Å². The van der Waals surface area contributed by atoms with Crippen molar-refractivity contribution in [1.82, 2.24) is 4.67 Å². The fourth-order valence-electron chi connectivity index (χ4n) is 1.78. The number of hydrogen-bond acceptors (Lipinski definition) is 6. The quantitative estimate of drug-likeness (QED) is 0.553. The molecule has 2 N–H and O–H groups in total. The van der Waals surface area contributed by atoms with Gasteiger partial charge in [0.15, 0.2) is 5.12 Å². The van der Waals surface area contributed by atoms with Crippen molar-refractivity contribution in [3.05, 3.63) is 0 Å². The summed E-state index contributed by atoms with van der Waals surface area (Å²) in [5.74, 6) is 0.420. The fraction of sp³-hybridized carbons (Fsp3) is 0.923. The summed E-state index contributed by atoms with van der Waals surface area (Å²) in [6.45, 7) is 13.3. The second kappa shape index (κ2) is 8.06. The molecule has 0 unspecified atom stereocenters. The third kappa shape index (κ3) is 6.83. The van der Waals surface area contributed by atoms with Gasteiger partial charge in [0.2, 0.25) is 0 Å². The van der Waals surface area contributed by atoms with Gasteiger partial charge in [-0.1, -0.05) is 37.2 Å². The summed E-state index contributed by atoms with van der Waals surface area (Å²) in [4.78, 5) is 32.0. The molecule has 0 aromatic rings. The first kappa shape index (κ1) is 20.3. The Kier molecular flexibility index (Phi) is 8.18. The summed E-state index contributed by atoms with van der Waals surface area (Å²) in [5.41, 5.74) is -0.392. The number of rotatable bonds is 7. The van der Waals surface area contributed by atoms with Crippen LogP contribution >= 0.6 is 19.9 Å². The van der Waals surface area contributed by atoms with Gasteiger partial charge in [0.1, 0.15) is 6.61 Å². The highest BCUT2D eigenvalue weighted by atomic mass is 32.2. The maximum atomic E-state index is 11.7. The van der Waals surface area contributed by atoms with E-state index in [1.54, 1.807) is 4.67 Å². The third-order valence-corrected chi connectivity index (χ3v) is 5.85. The summed E-state index contributed by atoms with van der Waals surface area (Å²) in [6.07, 6.45) is 0. The topological polar surface area (TPSA) is 70.0 Å². The Balaban J connectivity index is 4.33. The summed E-state index contributed by atoms with van der Waals surface area (Å²) in [5, 5.41) is 0.0745. The normalized spacial score (nSPS) is 13.6. The molecule has 0 aliphatic carbocycles. The van der Waals surface area contributed by atoms with E-state index in [9.17, 15) is 14.6 Å². The predicted molar refractivity (Wildman–Crippen MR) is 86.3 cm³/mol. The monoisotopic (exact) mass is 326 g/mol. The second-order valence-electron chi connectivity index (χ2n) is 6.30. The van der Waals surface area contributed by atoms with Crippen LogP contribution in [0, 0.1) is 5.41 Å². The van der Waals surface area contributed by atoms with E-state index in [2.05, 4.69) is 0 Å². The molecule has 0 atom stereocenters. The van der Waals surface area contributed by atoms with Crippen LogP contribution in [0.25, 0.3) is 0 Å². The molecule has 120 valence electrons. The second-order valence-corrected chi connectivity index (χ2v) is 9.11. The highest BCUT2D eigenvalue weighted by Crippen LogP contribution is 2.57. The van der Waals surface area contributed by atoms with E-state index in [1.165, 1.54) is 11.8 Å². The van der Waals surface area contributed by atoms with Crippen LogP contribution in [0.1, 0.15) is 48.5 Å². The Morgan fingerprint density at radius 1 is 1.20 bits per heavy atom. The number of nitrogens with zero attached hydrogens (tertiary/aromatic N) is 1. The molecule has 0 spiro atoms. The molecule has 0 bridgehead atoms. The van der Waals surface area contributed by atoms with E-state index in [1.807, 2.05) is 48.5 Å². The zero-order chi connectivity index (χ0) is 16.1. The van der Waals surface area contributed by atoms with Gasteiger partial charge in [-0.15, -0.1) is 0 Å². The van der Waals surface area contributed by atoms with Crippen molar-refractivity contribution in [2.45, 2.75) is 60.5 Å². The van der Waals surface area contributed by atoms with Crippen LogP contribution in [0.4, 0.5) is 0 Å². The van der Waals surface area contributed by atoms with Crippen LogP contribution in [0.5, 0.6) is 0 Å². The SMILES string of the molecule is CC(C)N(C(C)C)[P+](O)(O)OCCSC(=O)C(C)(C)C. The molecular weight excluding hydrogens is 297 g/mol. The minimum absolute atomic E-state index is 0.0257. The summed E-state index contributed by atoms with van der Waals surface area (Å²) < 4.78 is 6.83. The van der Waals surface area contributed by atoms with Crippen LogP contribution in [0.3, 0.4) is 0 Å². The minimum atomic E-state index is -3.56. The van der Waals surface area contributed by atoms with Crippen LogP contribution in [0.15, 0.2) is 0 Å². The molecule has 0 aromatic heterocycles. The Morgan fingerprint density at radius 2 is 1.65 bits per heavy atom. The maximum absolute atomic E-state index is 11.7. The molecule has 0 aliphatic heterocycles. The first-order chi connectivity index (χ1) is 8.89. The van der Waals surface area contributed by atoms with E-state index >= 15 is 0 Å². The van der Waals surface area contributed by atoms with Crippen LogP contribution < -0.4 is 0 Å². The first-order valence-corrected chi connectivity index (χ1v) is 9.39. The minimum Gasteiger partial charge on any atom is -0.287 e. The molecule has 0 fully saturated rings. The van der Waals surface area contributed by atoms with Gasteiger partial charge in [-0.05, 0) is 27.7 Å². The van der Waals surface area contributed by atoms with Crippen molar-refractivity contribution in [2.75, 3.05) is 12.4 Å². The predicted octanol–water partition coefficient (Wildman–Crippen LogP) is 3.09. The van der Waals surface area contributed by atoms with Crippen molar-refractivity contribution in [3.63, 3.8) is 0 Å². The van der Waals surface area contributed by atoms with Crippen molar-refractivity contribution in [1.29, 1.82) is 0 Å². The van der Waals surface area contributed by atoms with E-state index in [0.717, 1.165) is 0 Å². The van der Waals surface area contributed by atoms with Crippen molar-refractivity contribution in [3.8, 4) is 0 Å². The van der Waals surface area contributed by atoms with Crippen molar-refractivity contribution < 1.29 is 19.1 Å². The van der Waals surface area contributed by atoms with Crippen LogP contribution in [-0.2, 0) is 9.32 Å². The lowest BCUT2D eigenvalue weighted by atomic mass is 10.00. The van der Waals surface area contributed by atoms with Gasteiger partial charge in [0.05, 0.1) is 0 Å². The summed E-state index contributed by atoms with van der Waals surface area (Å²) in [7, 11) is -3.56. The molecule has 0 amide bonds. The van der Waals surface area contributed by atoms with Crippen molar-refractivity contribution >= 4 is 25.0 Å². The molecule has 0 radical (unpaired) electrons. The van der Waals surface area contributed by atoms with E-state index in [0.29, 0.717) is 5.75 Å². The van der Waals surface area contributed by atoms with Gasteiger partial charge in [0, 0.05) is 23.3 Å². The van der Waals surface area contributed by atoms with Crippen LogP contribution in [0.2, 0.25) is 0 Å². The van der Waals surface area contributed by atoms with Gasteiger partial charge in [-0.25, -0.2) is 0 Å². The van der Waals surface area contributed by atoms with Gasteiger partial charge in [-0.3, -0.25) is 4.79 Å². The lowest BCUT2D eigenvalue weighted by molar-refractivity contribution is -0.117. The Hall–Kier alpha value is 0.290. The molecule has 0 aliphatic rings. The van der Waals surface area contributed by atoms with Gasteiger partial charge in [0.25, 0.3) is 0 Å². The van der Waals surface area contributed by atoms with Gasteiger partial charge in [-0.2, -0.15) is 14.3 Å². The molecular formula is C13H29NO4PS+. The Labute approximate surface area is 127 Å². The highest BCUT2D eigenvalue weighted by molar-refractivity contribution is 8.13. The zero-order valence-corrected chi connectivity index (χ0v) is 15.3. The zero-order valence-electron chi connectivity index (χ0n) is 13.6. The Bertz CT molecular complexity index is 308. The summed E-state index contributed by atoms with van der Waals surface area (Å²) in [6, 6.07) is -0.0515. The fourth-order valence-corrected chi connectivity index (χ4v) is 4.36. The average molecular weight is 326 g/mol. The molecule has 0 rings (SSSR count). The molecule has 7 heteroatoms. The van der Waals surface area contributed by atoms with Crippen molar-refractivity contribution in [2.24, 2.45) is 5.41 Å². The highest BCUT2D eigenvalue weighted by Gasteiger charge is 2.48. The smallest absolute Gasteiger partial charge is 0.287 e. The average Bonchev–Trinajstić information content (AvgIpc) is 2.20. The van der Waals surface area contributed by atoms with Gasteiger partial charge < -0.3 is 0 Å². The maximum Gasteiger partial charge on any atom is 0.499 e. The number of carbonyl (C=O) groups excluding carboxylic acids is 1. The molecule has 0 heterocycles. The van der Waals surface area contributed by atoms with Gasteiger partial charge >= 0.3 is 8.09 Å². The van der Waals surface area contributed by atoms with E-state index in [4.69, 9.17) is 4.52 Å². The first-order valence-electron chi connectivity index (χ1n) is 6.84. The molecule has 0 saturated heterocycles. The van der Waals surface area contributed by atoms with E-state index in [-0.39, 0.29) is 23.8 Å². The lowest BCUT2D eigenvalue weighted by Crippen LogP contribution is -2.37. The molecule has 5 nitrogen and oxygen atoms in total. The Morgan fingerprint density at radius 3 is 2.00 bits per heavy atom. The largest absolute Gasteiger partial charge is 0.499 e. The molecule has 20 heavy (non-hydrogen) atoms. The van der Waals surface area contributed by atoms with Crippen LogP contribution in [-0.4, -0.2) is 44.0 Å². The molecule has 0 saturated carbocycles. The summed E-state index contributed by atoms with van der Waals surface area (Å²) >= 11 is 1.17. The molecule has 0 aromatic carbocycles. The third-order valence-electron chi connectivity index (χ3n) is 2.55. The standard InChI is InChI=1S/C13H29NO4PS/c1-10(2)14(11(3)4)19(16,17)18-8-9-20-12(15)13(5,6)7/h10-11,16-17H,8-9H2,1-7H3/q+1. The lowest BCUT2D eigenvalue weighted by Gasteiger charge is -2.29. The number of carbonyl (C=O) groups is 1. The number of thioether (sulfide) groups is 1.